The van der Waals surface area contributed by atoms with E-state index in [1.165, 1.54) is 51.5 Å². The number of ether oxygens (including phenoxy) is 1. The van der Waals surface area contributed by atoms with E-state index in [9.17, 15) is 0 Å². The van der Waals surface area contributed by atoms with Crippen molar-refractivity contribution in [1.82, 2.24) is 10.2 Å². The van der Waals surface area contributed by atoms with Crippen molar-refractivity contribution in [3.05, 3.63) is 0 Å². The molecule has 2 rings (SSSR count). The van der Waals surface area contributed by atoms with Gasteiger partial charge >= 0.3 is 0 Å². The second-order valence-corrected chi connectivity index (χ2v) is 8.47. The van der Waals surface area contributed by atoms with E-state index >= 15 is 0 Å². The van der Waals surface area contributed by atoms with E-state index in [4.69, 9.17) is 4.74 Å². The largest absolute Gasteiger partial charge is 0.381 e. The zero-order chi connectivity index (χ0) is 15.3. The third-order valence-electron chi connectivity index (χ3n) is 5.18. The summed E-state index contributed by atoms with van der Waals surface area (Å²) in [5.41, 5.74) is 0.492. The molecule has 1 saturated carbocycles. The quantitative estimate of drug-likeness (QED) is 0.841. The standard InChI is InChI=1S/C18H36N2O/c1-17(2,3)19-13-18(11-8-12-21-15-18)14-20(4)16-9-6-5-7-10-16/h16,19H,5-15H2,1-4H3. The van der Waals surface area contributed by atoms with E-state index in [0.29, 0.717) is 5.41 Å². The number of hydrogen-bond donors (Lipinski definition) is 1. The molecule has 0 aromatic carbocycles. The number of nitrogens with one attached hydrogen (secondary N) is 1. The van der Waals surface area contributed by atoms with Crippen LogP contribution in [0.1, 0.15) is 65.7 Å². The lowest BCUT2D eigenvalue weighted by molar-refractivity contribution is -0.0329. The lowest BCUT2D eigenvalue weighted by Crippen LogP contribution is -2.53. The fourth-order valence-corrected chi connectivity index (χ4v) is 3.86. The second kappa shape index (κ2) is 7.43. The molecule has 0 bridgehead atoms. The second-order valence-electron chi connectivity index (χ2n) is 8.47. The molecule has 1 saturated heterocycles. The van der Waals surface area contributed by atoms with Crippen molar-refractivity contribution in [1.29, 1.82) is 0 Å². The topological polar surface area (TPSA) is 24.5 Å². The molecular weight excluding hydrogens is 260 g/mol. The van der Waals surface area contributed by atoms with Crippen LogP contribution in [0.15, 0.2) is 0 Å². The third-order valence-corrected chi connectivity index (χ3v) is 5.18. The van der Waals surface area contributed by atoms with Gasteiger partial charge in [-0.25, -0.2) is 0 Å². The zero-order valence-electron chi connectivity index (χ0n) is 14.7. The lowest BCUT2D eigenvalue weighted by atomic mass is 9.80. The number of nitrogens with zero attached hydrogens (tertiary/aromatic N) is 1. The van der Waals surface area contributed by atoms with Crippen molar-refractivity contribution in [2.45, 2.75) is 77.3 Å². The van der Waals surface area contributed by atoms with Gasteiger partial charge in [-0.1, -0.05) is 19.3 Å². The van der Waals surface area contributed by atoms with Crippen LogP contribution in [-0.4, -0.2) is 49.8 Å². The minimum absolute atomic E-state index is 0.188. The molecule has 3 heteroatoms. The maximum Gasteiger partial charge on any atom is 0.0546 e. The van der Waals surface area contributed by atoms with Crippen molar-refractivity contribution in [2.75, 3.05) is 33.4 Å². The molecule has 0 amide bonds. The molecule has 0 aromatic rings. The zero-order valence-corrected chi connectivity index (χ0v) is 14.7. The van der Waals surface area contributed by atoms with Gasteiger partial charge in [0, 0.05) is 36.7 Å². The summed E-state index contributed by atoms with van der Waals surface area (Å²) in [5.74, 6) is 0. The van der Waals surface area contributed by atoms with Gasteiger partial charge in [-0.2, -0.15) is 0 Å². The highest BCUT2D eigenvalue weighted by Gasteiger charge is 2.36. The monoisotopic (exact) mass is 296 g/mol. The molecule has 1 heterocycles. The van der Waals surface area contributed by atoms with E-state index in [1.807, 2.05) is 0 Å². The molecule has 1 unspecified atom stereocenters. The molecule has 1 aliphatic carbocycles. The summed E-state index contributed by atoms with van der Waals surface area (Å²) in [4.78, 5) is 2.64. The Hall–Kier alpha value is -0.120. The first-order valence-electron chi connectivity index (χ1n) is 8.93. The van der Waals surface area contributed by atoms with Crippen molar-refractivity contribution in [3.63, 3.8) is 0 Å². The normalized spacial score (nSPS) is 29.0. The maximum atomic E-state index is 5.87. The van der Waals surface area contributed by atoms with Crippen molar-refractivity contribution in [3.8, 4) is 0 Å². The fraction of sp³-hybridized carbons (Fsp3) is 1.00. The minimum Gasteiger partial charge on any atom is -0.381 e. The Morgan fingerprint density at radius 2 is 1.86 bits per heavy atom. The predicted molar refractivity (Wildman–Crippen MR) is 89.7 cm³/mol. The molecule has 124 valence electrons. The average Bonchev–Trinajstić information content (AvgIpc) is 2.46. The van der Waals surface area contributed by atoms with E-state index in [1.54, 1.807) is 0 Å². The van der Waals surface area contributed by atoms with Gasteiger partial charge in [-0.15, -0.1) is 0 Å². The summed E-state index contributed by atoms with van der Waals surface area (Å²) < 4.78 is 5.87. The third kappa shape index (κ3) is 5.54. The molecule has 2 fully saturated rings. The van der Waals surface area contributed by atoms with Gasteiger partial charge in [0.1, 0.15) is 0 Å². The molecule has 2 aliphatic rings. The molecule has 1 atom stereocenters. The Kier molecular flexibility index (Phi) is 6.10. The average molecular weight is 296 g/mol. The summed E-state index contributed by atoms with van der Waals surface area (Å²) >= 11 is 0. The van der Waals surface area contributed by atoms with Gasteiger partial charge in [-0.3, -0.25) is 0 Å². The summed E-state index contributed by atoms with van der Waals surface area (Å²) in [6.07, 6.45) is 9.55. The summed E-state index contributed by atoms with van der Waals surface area (Å²) in [7, 11) is 2.34. The van der Waals surface area contributed by atoms with Crippen LogP contribution in [0.4, 0.5) is 0 Å². The van der Waals surface area contributed by atoms with Crippen LogP contribution in [-0.2, 0) is 4.74 Å². The Bertz CT molecular complexity index is 299. The fourth-order valence-electron chi connectivity index (χ4n) is 3.86. The molecule has 1 N–H and O–H groups in total. The molecule has 21 heavy (non-hydrogen) atoms. The Morgan fingerprint density at radius 1 is 1.14 bits per heavy atom. The molecule has 0 aromatic heterocycles. The van der Waals surface area contributed by atoms with E-state index < -0.39 is 0 Å². The van der Waals surface area contributed by atoms with E-state index in [-0.39, 0.29) is 5.54 Å². The predicted octanol–water partition coefficient (Wildman–Crippen LogP) is 3.44. The van der Waals surface area contributed by atoms with E-state index in [2.05, 4.69) is 38.0 Å². The van der Waals surface area contributed by atoms with Crippen LogP contribution in [0.3, 0.4) is 0 Å². The molecule has 1 aliphatic heterocycles. The Labute approximate surface area is 131 Å². The van der Waals surface area contributed by atoms with Crippen molar-refractivity contribution >= 4 is 0 Å². The van der Waals surface area contributed by atoms with Crippen LogP contribution in [0, 0.1) is 5.41 Å². The maximum absolute atomic E-state index is 5.87. The highest BCUT2D eigenvalue weighted by atomic mass is 16.5. The van der Waals surface area contributed by atoms with Crippen molar-refractivity contribution in [2.24, 2.45) is 5.41 Å². The first-order chi connectivity index (χ1) is 9.90. The Balaban J connectivity index is 1.94. The van der Waals surface area contributed by atoms with Gasteiger partial charge < -0.3 is 15.0 Å². The van der Waals surface area contributed by atoms with Crippen molar-refractivity contribution < 1.29 is 4.74 Å². The van der Waals surface area contributed by atoms with Crippen LogP contribution in [0.2, 0.25) is 0 Å². The van der Waals surface area contributed by atoms with Crippen LogP contribution >= 0.6 is 0 Å². The molecule has 0 spiro atoms. The Morgan fingerprint density at radius 3 is 2.43 bits per heavy atom. The van der Waals surface area contributed by atoms with Crippen LogP contribution in [0.25, 0.3) is 0 Å². The summed E-state index contributed by atoms with van der Waals surface area (Å²) in [6, 6.07) is 0.798. The smallest absolute Gasteiger partial charge is 0.0546 e. The highest BCUT2D eigenvalue weighted by Crippen LogP contribution is 2.32. The minimum atomic E-state index is 0.188. The van der Waals surface area contributed by atoms with Gasteiger partial charge in [0.25, 0.3) is 0 Å². The summed E-state index contributed by atoms with van der Waals surface area (Å²) in [5, 5.41) is 3.73. The first-order valence-corrected chi connectivity index (χ1v) is 8.93. The van der Waals surface area contributed by atoms with Crippen LogP contribution < -0.4 is 5.32 Å². The molecule has 3 nitrogen and oxygen atoms in total. The SMILES string of the molecule is CN(CC1(CNC(C)(C)C)CCCOC1)C1CCCCC1. The van der Waals surface area contributed by atoms with Gasteiger partial charge in [0.15, 0.2) is 0 Å². The molecular formula is C18H36N2O. The molecule has 0 radical (unpaired) electrons. The number of rotatable bonds is 5. The van der Waals surface area contributed by atoms with Gasteiger partial charge in [0.05, 0.1) is 6.61 Å². The highest BCUT2D eigenvalue weighted by molar-refractivity contribution is 4.90. The first kappa shape index (κ1) is 17.2. The summed E-state index contributed by atoms with van der Waals surface area (Å²) in [6.45, 7) is 10.9. The van der Waals surface area contributed by atoms with Crippen LogP contribution in [0.5, 0.6) is 0 Å². The van der Waals surface area contributed by atoms with E-state index in [0.717, 1.165) is 25.8 Å². The van der Waals surface area contributed by atoms with Gasteiger partial charge in [-0.05, 0) is 53.5 Å². The number of hydrogen-bond acceptors (Lipinski definition) is 3. The lowest BCUT2D eigenvalue weighted by Gasteiger charge is -2.44. The van der Waals surface area contributed by atoms with Gasteiger partial charge in [0.2, 0.25) is 0 Å².